The average molecular weight is 299 g/mol. The third-order valence-corrected chi connectivity index (χ3v) is 4.69. The molecule has 1 aromatic carbocycles. The normalized spacial score (nSPS) is 13.6. The molecule has 0 aliphatic rings. The van der Waals surface area contributed by atoms with E-state index in [2.05, 4.69) is 20.8 Å². The molecule has 0 amide bonds. The van der Waals surface area contributed by atoms with Gasteiger partial charge in [0.1, 0.15) is 11.9 Å². The number of halogens is 2. The van der Waals surface area contributed by atoms with Crippen LogP contribution in [0.4, 0.5) is 4.39 Å². The van der Waals surface area contributed by atoms with Crippen LogP contribution in [0.2, 0.25) is 5.02 Å². The van der Waals surface area contributed by atoms with Crippen LogP contribution >= 0.6 is 22.9 Å². The average Bonchev–Trinajstić information content (AvgIpc) is 2.76. The zero-order valence-electron chi connectivity index (χ0n) is 11.1. The van der Waals surface area contributed by atoms with Gasteiger partial charge in [0.05, 0.1) is 0 Å². The van der Waals surface area contributed by atoms with Crippen molar-refractivity contribution in [3.8, 4) is 0 Å². The Kier molecular flexibility index (Phi) is 4.00. The molecule has 1 nitrogen and oxygen atoms in total. The van der Waals surface area contributed by atoms with Crippen molar-refractivity contribution >= 4 is 22.9 Å². The molecule has 102 valence electrons. The predicted molar refractivity (Wildman–Crippen MR) is 78.5 cm³/mol. The van der Waals surface area contributed by atoms with E-state index < -0.39 is 11.9 Å². The number of aliphatic hydroxyl groups is 1. The van der Waals surface area contributed by atoms with Crippen molar-refractivity contribution in [1.82, 2.24) is 0 Å². The molecule has 0 saturated carbocycles. The fraction of sp³-hybridized carbons (Fsp3) is 0.333. The van der Waals surface area contributed by atoms with Gasteiger partial charge in [-0.15, -0.1) is 11.3 Å². The first-order chi connectivity index (χ1) is 8.79. The molecule has 1 aromatic heterocycles. The minimum atomic E-state index is -0.946. The summed E-state index contributed by atoms with van der Waals surface area (Å²) in [6.07, 6.45) is -0.946. The molecule has 2 rings (SSSR count). The van der Waals surface area contributed by atoms with Crippen molar-refractivity contribution in [1.29, 1.82) is 0 Å². The van der Waals surface area contributed by atoms with Crippen molar-refractivity contribution in [2.45, 2.75) is 32.3 Å². The van der Waals surface area contributed by atoms with E-state index in [1.54, 1.807) is 6.07 Å². The molecule has 2 aromatic rings. The fourth-order valence-electron chi connectivity index (χ4n) is 1.78. The summed E-state index contributed by atoms with van der Waals surface area (Å²) in [5, 5.41) is 10.6. The molecule has 19 heavy (non-hydrogen) atoms. The van der Waals surface area contributed by atoms with Gasteiger partial charge in [0.2, 0.25) is 0 Å². The molecule has 1 unspecified atom stereocenters. The molecule has 0 aliphatic heterocycles. The highest BCUT2D eigenvalue weighted by Gasteiger charge is 2.21. The molecule has 0 saturated heterocycles. The van der Waals surface area contributed by atoms with Crippen molar-refractivity contribution in [2.24, 2.45) is 0 Å². The SMILES string of the molecule is CC(C)(C)c1ccc(C(O)c2ccc(Cl)cc2F)s1. The Hall–Kier alpha value is -0.900. The number of rotatable bonds is 2. The van der Waals surface area contributed by atoms with E-state index in [0.29, 0.717) is 5.02 Å². The number of benzene rings is 1. The second-order valence-electron chi connectivity index (χ2n) is 5.52. The maximum absolute atomic E-state index is 13.8. The second kappa shape index (κ2) is 5.23. The number of aliphatic hydroxyl groups excluding tert-OH is 1. The molecule has 0 spiro atoms. The van der Waals surface area contributed by atoms with Crippen LogP contribution in [0.3, 0.4) is 0 Å². The van der Waals surface area contributed by atoms with Crippen LogP contribution in [0.5, 0.6) is 0 Å². The lowest BCUT2D eigenvalue weighted by Crippen LogP contribution is -2.08. The van der Waals surface area contributed by atoms with Crippen LogP contribution in [0.1, 0.15) is 42.2 Å². The van der Waals surface area contributed by atoms with Crippen LogP contribution < -0.4 is 0 Å². The minimum absolute atomic E-state index is 0.0289. The maximum Gasteiger partial charge on any atom is 0.130 e. The van der Waals surface area contributed by atoms with Crippen LogP contribution in [-0.2, 0) is 5.41 Å². The Labute approximate surface area is 121 Å². The summed E-state index contributed by atoms with van der Waals surface area (Å²) >= 11 is 7.22. The minimum Gasteiger partial charge on any atom is -0.383 e. The van der Waals surface area contributed by atoms with Crippen LogP contribution in [0, 0.1) is 5.82 Å². The summed E-state index contributed by atoms with van der Waals surface area (Å²) < 4.78 is 13.8. The first-order valence-corrected chi connectivity index (χ1v) is 7.21. The number of hydrogen-bond acceptors (Lipinski definition) is 2. The Morgan fingerprint density at radius 1 is 1.21 bits per heavy atom. The van der Waals surface area contributed by atoms with Gasteiger partial charge >= 0.3 is 0 Å². The summed E-state index contributed by atoms with van der Waals surface area (Å²) in [7, 11) is 0. The molecular weight excluding hydrogens is 283 g/mol. The standard InChI is InChI=1S/C15H16ClFOS/c1-15(2,3)13-7-6-12(19-13)14(18)10-5-4-9(16)8-11(10)17/h4-8,14,18H,1-3H3. The van der Waals surface area contributed by atoms with E-state index in [1.165, 1.54) is 23.5 Å². The lowest BCUT2D eigenvalue weighted by Gasteiger charge is -2.16. The molecule has 0 radical (unpaired) electrons. The summed E-state index contributed by atoms with van der Waals surface area (Å²) in [6, 6.07) is 8.17. The van der Waals surface area contributed by atoms with Gasteiger partial charge in [-0.2, -0.15) is 0 Å². The van der Waals surface area contributed by atoms with Crippen LogP contribution in [0.15, 0.2) is 30.3 Å². The van der Waals surface area contributed by atoms with Gasteiger partial charge in [-0.05, 0) is 29.7 Å². The summed E-state index contributed by atoms with van der Waals surface area (Å²) in [5.74, 6) is -0.481. The third kappa shape index (κ3) is 3.16. The zero-order chi connectivity index (χ0) is 14.2. The van der Waals surface area contributed by atoms with Gasteiger partial charge in [-0.3, -0.25) is 0 Å². The quantitative estimate of drug-likeness (QED) is 0.834. The first-order valence-electron chi connectivity index (χ1n) is 6.02. The van der Waals surface area contributed by atoms with Gasteiger partial charge in [0.15, 0.2) is 0 Å². The van der Waals surface area contributed by atoms with Crippen molar-refractivity contribution in [3.05, 3.63) is 56.5 Å². The van der Waals surface area contributed by atoms with E-state index >= 15 is 0 Å². The van der Waals surface area contributed by atoms with Crippen LogP contribution in [-0.4, -0.2) is 5.11 Å². The molecule has 1 N–H and O–H groups in total. The fourth-order valence-corrected chi connectivity index (χ4v) is 3.01. The molecule has 0 aliphatic carbocycles. The van der Waals surface area contributed by atoms with Crippen molar-refractivity contribution in [3.63, 3.8) is 0 Å². The van der Waals surface area contributed by atoms with E-state index in [9.17, 15) is 9.50 Å². The Balaban J connectivity index is 2.34. The van der Waals surface area contributed by atoms with E-state index in [0.717, 1.165) is 9.75 Å². The maximum atomic E-state index is 13.8. The second-order valence-corrected chi connectivity index (χ2v) is 7.07. The third-order valence-electron chi connectivity index (χ3n) is 2.89. The molecule has 1 heterocycles. The summed E-state index contributed by atoms with van der Waals surface area (Å²) in [6.45, 7) is 6.33. The summed E-state index contributed by atoms with van der Waals surface area (Å²) in [5.41, 5.74) is 0.285. The highest BCUT2D eigenvalue weighted by Crippen LogP contribution is 2.35. The van der Waals surface area contributed by atoms with E-state index in [4.69, 9.17) is 11.6 Å². The highest BCUT2D eigenvalue weighted by molar-refractivity contribution is 7.12. The van der Waals surface area contributed by atoms with Crippen LogP contribution in [0.25, 0.3) is 0 Å². The predicted octanol–water partition coefficient (Wildman–Crippen LogP) is 4.92. The highest BCUT2D eigenvalue weighted by atomic mass is 35.5. The van der Waals surface area contributed by atoms with E-state index in [1.807, 2.05) is 12.1 Å². The molecule has 1 atom stereocenters. The molecule has 0 bridgehead atoms. The Morgan fingerprint density at radius 2 is 1.89 bits per heavy atom. The largest absolute Gasteiger partial charge is 0.383 e. The summed E-state index contributed by atoms with van der Waals surface area (Å²) in [4.78, 5) is 1.90. The molecule has 0 fully saturated rings. The van der Waals surface area contributed by atoms with E-state index in [-0.39, 0.29) is 11.0 Å². The molecule has 4 heteroatoms. The van der Waals surface area contributed by atoms with Gasteiger partial charge in [0.25, 0.3) is 0 Å². The number of thiophene rings is 1. The molecular formula is C15H16ClFOS. The van der Waals surface area contributed by atoms with Gasteiger partial charge in [-0.25, -0.2) is 4.39 Å². The smallest absolute Gasteiger partial charge is 0.130 e. The van der Waals surface area contributed by atoms with Gasteiger partial charge in [0, 0.05) is 20.3 Å². The van der Waals surface area contributed by atoms with Gasteiger partial charge < -0.3 is 5.11 Å². The topological polar surface area (TPSA) is 20.2 Å². The monoisotopic (exact) mass is 298 g/mol. The Bertz CT molecular complexity index is 586. The van der Waals surface area contributed by atoms with Crippen molar-refractivity contribution in [2.75, 3.05) is 0 Å². The first kappa shape index (κ1) is 14.5. The Morgan fingerprint density at radius 3 is 2.42 bits per heavy atom. The lowest BCUT2D eigenvalue weighted by molar-refractivity contribution is 0.219. The lowest BCUT2D eigenvalue weighted by atomic mass is 9.95. The van der Waals surface area contributed by atoms with Crippen molar-refractivity contribution < 1.29 is 9.50 Å². The zero-order valence-corrected chi connectivity index (χ0v) is 12.6. The number of hydrogen-bond donors (Lipinski definition) is 1. The van der Waals surface area contributed by atoms with Gasteiger partial charge in [-0.1, -0.05) is 38.4 Å².